The van der Waals surface area contributed by atoms with Gasteiger partial charge in [0, 0.05) is 17.6 Å². The molecule has 2 aromatic rings. The van der Waals surface area contributed by atoms with Gasteiger partial charge in [-0.3, -0.25) is 0 Å². The summed E-state index contributed by atoms with van der Waals surface area (Å²) >= 11 is 3.34. The summed E-state index contributed by atoms with van der Waals surface area (Å²) in [5.74, 6) is 1.50. The maximum Gasteiger partial charge on any atom is 0.331 e. The second-order valence-corrected chi connectivity index (χ2v) is 11.2. The average molecular weight is 550 g/mol. The molecule has 1 N–H and O–H groups in total. The number of hydrogen-bond donors (Lipinski definition) is 1. The Morgan fingerprint density at radius 2 is 1.85 bits per heavy atom. The van der Waals surface area contributed by atoms with Crippen LogP contribution < -0.4 is 9.46 Å². The summed E-state index contributed by atoms with van der Waals surface area (Å²) in [6.07, 6.45) is 9.03. The van der Waals surface area contributed by atoms with E-state index in [0.29, 0.717) is 19.0 Å². The molecule has 1 heterocycles. The topological polar surface area (TPSA) is 75.7 Å². The van der Waals surface area contributed by atoms with Crippen LogP contribution >= 0.6 is 15.9 Å². The van der Waals surface area contributed by atoms with E-state index < -0.39 is 16.1 Å². The quantitative estimate of drug-likeness (QED) is 0.370. The molecule has 0 bridgehead atoms. The van der Waals surface area contributed by atoms with Gasteiger partial charge in [-0.2, -0.15) is 0 Å². The maximum absolute atomic E-state index is 12.4. The van der Waals surface area contributed by atoms with E-state index in [1.54, 1.807) is 24.1 Å². The molecule has 6 nitrogen and oxygen atoms in total. The number of nitrogens with one attached hydrogen (secondary N) is 1. The van der Waals surface area contributed by atoms with Crippen LogP contribution in [-0.2, 0) is 16.4 Å². The summed E-state index contributed by atoms with van der Waals surface area (Å²) < 4.78 is 32.9. The third-order valence-corrected chi connectivity index (χ3v) is 7.64. The summed E-state index contributed by atoms with van der Waals surface area (Å²) in [5.41, 5.74) is 2.05. The molecule has 1 aliphatic heterocycles. The van der Waals surface area contributed by atoms with Crippen molar-refractivity contribution in [1.82, 2.24) is 9.62 Å². The molecule has 1 saturated heterocycles. The maximum atomic E-state index is 12.4. The largest absolute Gasteiger partial charge is 0.497 e. The lowest BCUT2D eigenvalue weighted by molar-refractivity contribution is 0.172. The van der Waals surface area contributed by atoms with Crippen molar-refractivity contribution in [2.24, 2.45) is 5.92 Å². The van der Waals surface area contributed by atoms with Crippen molar-refractivity contribution in [3.63, 3.8) is 0 Å². The Morgan fingerprint density at radius 3 is 2.56 bits per heavy atom. The van der Waals surface area contributed by atoms with Crippen LogP contribution in [0, 0.1) is 5.92 Å². The molecule has 2 amide bonds. The molecule has 2 aromatic carbocycles. The number of halogens is 1. The number of rotatable bonds is 10. The van der Waals surface area contributed by atoms with Crippen molar-refractivity contribution in [3.8, 4) is 5.75 Å². The number of sulfonamides is 1. The zero-order chi connectivity index (χ0) is 24.4. The van der Waals surface area contributed by atoms with Gasteiger partial charge in [-0.25, -0.2) is 17.9 Å². The summed E-state index contributed by atoms with van der Waals surface area (Å²) in [4.78, 5) is 14.0. The molecule has 0 aliphatic carbocycles. The Kier molecular flexibility index (Phi) is 10.0. The molecule has 1 aliphatic rings. The van der Waals surface area contributed by atoms with Gasteiger partial charge in [-0.05, 0) is 73.1 Å². The summed E-state index contributed by atoms with van der Waals surface area (Å²) in [6.45, 7) is 1.18. The number of piperidine rings is 1. The van der Waals surface area contributed by atoms with Crippen LogP contribution in [0.25, 0.3) is 6.08 Å². The minimum absolute atomic E-state index is 0.544. The van der Waals surface area contributed by atoms with E-state index in [2.05, 4.69) is 32.8 Å². The van der Waals surface area contributed by atoms with Gasteiger partial charge in [0.15, 0.2) is 0 Å². The average Bonchev–Trinajstić information content (AvgIpc) is 2.84. The standard InChI is InChI=1S/C26H33BrN2O4S/c1-33-25-9-5-8-23(20-25)7-4-2-3-6-21-14-17-29(18-15-21)26(30)28-34(31,32)19-16-22-10-12-24(27)13-11-22/h5,8-13,16,19-21H,2-4,6-7,14-15,17-18H2,1H3,(H,28,30). The lowest BCUT2D eigenvalue weighted by Gasteiger charge is -2.31. The number of ether oxygens (including phenoxy) is 1. The zero-order valence-corrected chi connectivity index (χ0v) is 22.0. The molecule has 0 atom stereocenters. The molecule has 184 valence electrons. The van der Waals surface area contributed by atoms with Gasteiger partial charge in [0.1, 0.15) is 5.75 Å². The van der Waals surface area contributed by atoms with Crippen molar-refractivity contribution in [2.45, 2.75) is 44.9 Å². The van der Waals surface area contributed by atoms with E-state index in [-0.39, 0.29) is 0 Å². The van der Waals surface area contributed by atoms with Crippen molar-refractivity contribution >= 4 is 38.1 Å². The van der Waals surface area contributed by atoms with Gasteiger partial charge < -0.3 is 9.64 Å². The van der Waals surface area contributed by atoms with Crippen molar-refractivity contribution in [1.29, 1.82) is 0 Å². The van der Waals surface area contributed by atoms with Gasteiger partial charge in [0.05, 0.1) is 12.5 Å². The SMILES string of the molecule is COc1cccc(CCCCCC2CCN(C(=O)NS(=O)(=O)C=Cc3ccc(Br)cc3)CC2)c1. The molecule has 1 fully saturated rings. The molecular formula is C26H33BrN2O4S. The van der Waals surface area contributed by atoms with E-state index in [0.717, 1.165) is 53.3 Å². The number of amides is 2. The van der Waals surface area contributed by atoms with Gasteiger partial charge in [-0.15, -0.1) is 0 Å². The fourth-order valence-electron chi connectivity index (χ4n) is 4.15. The summed E-state index contributed by atoms with van der Waals surface area (Å²) in [5, 5.41) is 1.03. The smallest absolute Gasteiger partial charge is 0.331 e. The lowest BCUT2D eigenvalue weighted by Crippen LogP contribution is -2.45. The number of carbonyl (C=O) groups excluding carboxylic acids is 1. The van der Waals surface area contributed by atoms with Crippen LogP contribution in [0.1, 0.15) is 49.7 Å². The van der Waals surface area contributed by atoms with Crippen LogP contribution in [0.4, 0.5) is 4.79 Å². The number of unbranched alkanes of at least 4 members (excludes halogenated alkanes) is 2. The monoisotopic (exact) mass is 548 g/mol. The van der Waals surface area contributed by atoms with Crippen LogP contribution in [0.2, 0.25) is 0 Å². The van der Waals surface area contributed by atoms with Crippen molar-refractivity contribution in [3.05, 3.63) is 69.5 Å². The first kappa shape index (κ1) is 26.3. The molecule has 0 unspecified atom stereocenters. The number of likely N-dealkylation sites (tertiary alicyclic amines) is 1. The van der Waals surface area contributed by atoms with E-state index in [9.17, 15) is 13.2 Å². The molecule has 34 heavy (non-hydrogen) atoms. The van der Waals surface area contributed by atoms with Gasteiger partial charge >= 0.3 is 6.03 Å². The second-order valence-electron chi connectivity index (χ2n) is 8.69. The number of methoxy groups -OCH3 is 1. The third-order valence-electron chi connectivity index (χ3n) is 6.15. The first-order chi connectivity index (χ1) is 16.3. The summed E-state index contributed by atoms with van der Waals surface area (Å²) in [6, 6.07) is 14.9. The molecule has 0 saturated carbocycles. The predicted octanol–water partition coefficient (Wildman–Crippen LogP) is 5.98. The highest BCUT2D eigenvalue weighted by atomic mass is 79.9. The van der Waals surface area contributed by atoms with Crippen LogP contribution in [0.5, 0.6) is 5.75 Å². The summed E-state index contributed by atoms with van der Waals surface area (Å²) in [7, 11) is -2.15. The molecular weight excluding hydrogens is 516 g/mol. The number of urea groups is 1. The van der Waals surface area contributed by atoms with Gasteiger partial charge in [0.2, 0.25) is 0 Å². The van der Waals surface area contributed by atoms with Gasteiger partial charge in [0.25, 0.3) is 10.0 Å². The minimum atomic E-state index is -3.84. The normalized spacial score (nSPS) is 14.9. The highest BCUT2D eigenvalue weighted by Gasteiger charge is 2.24. The first-order valence-electron chi connectivity index (χ1n) is 11.7. The fraction of sp³-hybridized carbons (Fsp3) is 0.423. The number of aryl methyl sites for hydroxylation is 1. The predicted molar refractivity (Wildman–Crippen MR) is 140 cm³/mol. The molecule has 0 radical (unpaired) electrons. The highest BCUT2D eigenvalue weighted by molar-refractivity contribution is 9.10. The van der Waals surface area contributed by atoms with Crippen LogP contribution in [0.15, 0.2) is 58.4 Å². The molecule has 0 spiro atoms. The Morgan fingerprint density at radius 1 is 1.12 bits per heavy atom. The van der Waals surface area contributed by atoms with E-state index in [1.165, 1.54) is 24.5 Å². The molecule has 0 aromatic heterocycles. The Balaban J connectivity index is 1.33. The highest BCUT2D eigenvalue weighted by Crippen LogP contribution is 2.24. The first-order valence-corrected chi connectivity index (χ1v) is 14.1. The van der Waals surface area contributed by atoms with E-state index in [1.807, 2.05) is 24.3 Å². The van der Waals surface area contributed by atoms with E-state index in [4.69, 9.17) is 4.74 Å². The molecule has 8 heteroatoms. The van der Waals surface area contributed by atoms with Crippen LogP contribution in [0.3, 0.4) is 0 Å². The number of nitrogens with zero attached hydrogens (tertiary/aromatic N) is 1. The Bertz CT molecular complexity index is 1060. The Labute approximate surface area is 211 Å². The van der Waals surface area contributed by atoms with E-state index >= 15 is 0 Å². The van der Waals surface area contributed by atoms with Crippen molar-refractivity contribution < 1.29 is 17.9 Å². The zero-order valence-electron chi connectivity index (χ0n) is 19.6. The van der Waals surface area contributed by atoms with Crippen molar-refractivity contribution in [2.75, 3.05) is 20.2 Å². The minimum Gasteiger partial charge on any atom is -0.497 e. The second kappa shape index (κ2) is 13.0. The third kappa shape index (κ3) is 8.80. The van der Waals surface area contributed by atoms with Crippen LogP contribution in [-0.4, -0.2) is 39.5 Å². The fourth-order valence-corrected chi connectivity index (χ4v) is 5.20. The number of carbonyl (C=O) groups is 1. The number of benzene rings is 2. The number of hydrogen-bond acceptors (Lipinski definition) is 4. The lowest BCUT2D eigenvalue weighted by atomic mass is 9.91. The Hall–Kier alpha value is -2.32. The van der Waals surface area contributed by atoms with Gasteiger partial charge in [-0.1, -0.05) is 59.5 Å². The molecule has 3 rings (SSSR count).